The van der Waals surface area contributed by atoms with Crippen LogP contribution in [-0.4, -0.2) is 26.3 Å². The average Bonchev–Trinajstić information content (AvgIpc) is 3.07. The highest BCUT2D eigenvalue weighted by molar-refractivity contribution is 5.95. The van der Waals surface area contributed by atoms with Crippen molar-refractivity contribution in [2.24, 2.45) is 0 Å². The van der Waals surface area contributed by atoms with Crippen LogP contribution in [0.1, 0.15) is 21.5 Å². The summed E-state index contributed by atoms with van der Waals surface area (Å²) in [6.07, 6.45) is 0.817. The van der Waals surface area contributed by atoms with Gasteiger partial charge in [-0.3, -0.25) is 4.79 Å². The van der Waals surface area contributed by atoms with E-state index in [1.165, 1.54) is 0 Å². The molecular weight excluding hydrogens is 292 g/mol. The summed E-state index contributed by atoms with van der Waals surface area (Å²) >= 11 is 0. The van der Waals surface area contributed by atoms with Gasteiger partial charge in [-0.25, -0.2) is 0 Å². The van der Waals surface area contributed by atoms with Crippen LogP contribution in [0.2, 0.25) is 0 Å². The van der Waals surface area contributed by atoms with Crippen LogP contribution in [0.3, 0.4) is 0 Å². The van der Waals surface area contributed by atoms with E-state index in [-0.39, 0.29) is 12.7 Å². The molecule has 0 aliphatic carbocycles. The number of hydrogen-bond acceptors (Lipinski definition) is 4. The molecule has 2 aromatic rings. The Labute approximate surface area is 135 Å². The SMILES string of the molecule is CNCCc1ccccc1C(=O)NCc1cccc2c1OCO2. The number of carbonyl (C=O) groups is 1. The second-order valence-corrected chi connectivity index (χ2v) is 5.34. The monoisotopic (exact) mass is 312 g/mol. The van der Waals surface area contributed by atoms with Gasteiger partial charge in [-0.1, -0.05) is 30.3 Å². The average molecular weight is 312 g/mol. The Morgan fingerprint density at radius 2 is 1.91 bits per heavy atom. The molecule has 1 aliphatic rings. The van der Waals surface area contributed by atoms with Crippen molar-refractivity contribution in [1.82, 2.24) is 10.6 Å². The van der Waals surface area contributed by atoms with Crippen molar-refractivity contribution in [3.63, 3.8) is 0 Å². The topological polar surface area (TPSA) is 59.6 Å². The van der Waals surface area contributed by atoms with E-state index in [2.05, 4.69) is 10.6 Å². The lowest BCUT2D eigenvalue weighted by atomic mass is 10.0. The molecule has 0 spiro atoms. The maximum Gasteiger partial charge on any atom is 0.251 e. The number of amides is 1. The van der Waals surface area contributed by atoms with Gasteiger partial charge >= 0.3 is 0 Å². The third-order valence-corrected chi connectivity index (χ3v) is 3.82. The van der Waals surface area contributed by atoms with Crippen LogP contribution >= 0.6 is 0 Å². The third kappa shape index (κ3) is 3.46. The molecule has 3 rings (SSSR count). The highest BCUT2D eigenvalue weighted by Crippen LogP contribution is 2.35. The molecule has 0 fully saturated rings. The van der Waals surface area contributed by atoms with E-state index in [1.807, 2.05) is 49.5 Å². The lowest BCUT2D eigenvalue weighted by Gasteiger charge is -2.11. The largest absolute Gasteiger partial charge is 0.454 e. The van der Waals surface area contributed by atoms with Crippen molar-refractivity contribution in [2.45, 2.75) is 13.0 Å². The number of ether oxygens (including phenoxy) is 2. The second kappa shape index (κ2) is 7.15. The molecule has 0 unspecified atom stereocenters. The molecule has 0 saturated heterocycles. The lowest BCUT2D eigenvalue weighted by molar-refractivity contribution is 0.0949. The van der Waals surface area contributed by atoms with Gasteiger partial charge in [0.2, 0.25) is 6.79 Å². The van der Waals surface area contributed by atoms with Gasteiger partial charge in [0.15, 0.2) is 11.5 Å². The Bertz CT molecular complexity index is 700. The van der Waals surface area contributed by atoms with Gasteiger partial charge in [0.05, 0.1) is 0 Å². The predicted molar refractivity (Wildman–Crippen MR) is 87.8 cm³/mol. The summed E-state index contributed by atoms with van der Waals surface area (Å²) in [5, 5.41) is 6.07. The van der Waals surface area contributed by atoms with Gasteiger partial charge in [0.1, 0.15) is 0 Å². The van der Waals surface area contributed by atoms with E-state index in [4.69, 9.17) is 9.47 Å². The van der Waals surface area contributed by atoms with Gasteiger partial charge < -0.3 is 20.1 Å². The lowest BCUT2D eigenvalue weighted by Crippen LogP contribution is -2.25. The van der Waals surface area contributed by atoms with Crippen LogP contribution < -0.4 is 20.1 Å². The Balaban J connectivity index is 1.70. The molecule has 0 radical (unpaired) electrons. The summed E-state index contributed by atoms with van der Waals surface area (Å²) in [5.74, 6) is 1.37. The van der Waals surface area contributed by atoms with E-state index in [9.17, 15) is 4.79 Å². The molecule has 0 aromatic heterocycles. The fraction of sp³-hybridized carbons (Fsp3) is 0.278. The number of para-hydroxylation sites is 1. The zero-order valence-corrected chi connectivity index (χ0v) is 13.1. The Hall–Kier alpha value is -2.53. The fourth-order valence-corrected chi connectivity index (χ4v) is 2.62. The molecule has 23 heavy (non-hydrogen) atoms. The van der Waals surface area contributed by atoms with Crippen molar-refractivity contribution in [1.29, 1.82) is 0 Å². The quantitative estimate of drug-likeness (QED) is 0.858. The summed E-state index contributed by atoms with van der Waals surface area (Å²) in [6.45, 7) is 1.47. The van der Waals surface area contributed by atoms with Crippen molar-refractivity contribution in [2.75, 3.05) is 20.4 Å². The van der Waals surface area contributed by atoms with E-state index in [1.54, 1.807) is 0 Å². The number of hydrogen-bond donors (Lipinski definition) is 2. The zero-order chi connectivity index (χ0) is 16.1. The maximum atomic E-state index is 12.5. The molecule has 0 atom stereocenters. The second-order valence-electron chi connectivity index (χ2n) is 5.34. The van der Waals surface area contributed by atoms with Gasteiger partial charge in [-0.05, 0) is 37.7 Å². The molecule has 5 nitrogen and oxygen atoms in total. The zero-order valence-electron chi connectivity index (χ0n) is 13.1. The van der Waals surface area contributed by atoms with Crippen molar-refractivity contribution in [3.05, 3.63) is 59.2 Å². The summed E-state index contributed by atoms with van der Waals surface area (Å²) < 4.78 is 10.8. The molecule has 2 N–H and O–H groups in total. The van der Waals surface area contributed by atoms with E-state index in [0.717, 1.165) is 35.6 Å². The maximum absolute atomic E-state index is 12.5. The van der Waals surface area contributed by atoms with E-state index in [0.29, 0.717) is 12.1 Å². The molecule has 0 bridgehead atoms. The number of fused-ring (bicyclic) bond motifs is 1. The number of benzene rings is 2. The first-order chi connectivity index (χ1) is 11.3. The number of rotatable bonds is 6. The van der Waals surface area contributed by atoms with Crippen LogP contribution in [-0.2, 0) is 13.0 Å². The van der Waals surface area contributed by atoms with Crippen LogP contribution in [0.25, 0.3) is 0 Å². The van der Waals surface area contributed by atoms with Crippen molar-refractivity contribution < 1.29 is 14.3 Å². The molecule has 1 heterocycles. The van der Waals surface area contributed by atoms with Gasteiger partial charge in [0, 0.05) is 17.7 Å². The number of carbonyl (C=O) groups excluding carboxylic acids is 1. The molecule has 5 heteroatoms. The molecular formula is C18H20N2O3. The minimum Gasteiger partial charge on any atom is -0.454 e. The van der Waals surface area contributed by atoms with Crippen molar-refractivity contribution >= 4 is 5.91 Å². The molecule has 1 amide bonds. The minimum atomic E-state index is -0.0757. The first-order valence-corrected chi connectivity index (χ1v) is 7.68. The highest BCUT2D eigenvalue weighted by Gasteiger charge is 2.18. The summed E-state index contributed by atoms with van der Waals surface area (Å²) in [4.78, 5) is 12.5. The van der Waals surface area contributed by atoms with E-state index >= 15 is 0 Å². The standard InChI is InChI=1S/C18H20N2O3/c1-19-10-9-13-5-2-3-7-15(13)18(21)20-11-14-6-4-8-16-17(14)23-12-22-16/h2-8,19H,9-12H2,1H3,(H,20,21). The highest BCUT2D eigenvalue weighted by atomic mass is 16.7. The number of nitrogens with one attached hydrogen (secondary N) is 2. The fourth-order valence-electron chi connectivity index (χ4n) is 2.62. The van der Waals surface area contributed by atoms with Gasteiger partial charge in [-0.15, -0.1) is 0 Å². The summed E-state index contributed by atoms with van der Waals surface area (Å²) in [6, 6.07) is 13.4. The van der Waals surface area contributed by atoms with E-state index < -0.39 is 0 Å². The first-order valence-electron chi connectivity index (χ1n) is 7.68. The number of likely N-dealkylation sites (N-methyl/N-ethyl adjacent to an activating group) is 1. The van der Waals surface area contributed by atoms with Crippen molar-refractivity contribution in [3.8, 4) is 11.5 Å². The minimum absolute atomic E-state index is 0.0757. The molecule has 120 valence electrons. The summed E-state index contributed by atoms with van der Waals surface area (Å²) in [5.41, 5.74) is 2.67. The molecule has 1 aliphatic heterocycles. The van der Waals surface area contributed by atoms with Gasteiger partial charge in [-0.2, -0.15) is 0 Å². The molecule has 0 saturated carbocycles. The Morgan fingerprint density at radius 3 is 2.78 bits per heavy atom. The van der Waals surface area contributed by atoms with Crippen LogP contribution in [0.15, 0.2) is 42.5 Å². The van der Waals surface area contributed by atoms with Crippen LogP contribution in [0.4, 0.5) is 0 Å². The summed E-state index contributed by atoms with van der Waals surface area (Å²) in [7, 11) is 1.90. The third-order valence-electron chi connectivity index (χ3n) is 3.82. The Kier molecular flexibility index (Phi) is 4.78. The Morgan fingerprint density at radius 1 is 1.09 bits per heavy atom. The first kappa shape index (κ1) is 15.4. The predicted octanol–water partition coefficient (Wildman–Crippen LogP) is 2.11. The normalized spacial score (nSPS) is 12.2. The smallest absolute Gasteiger partial charge is 0.251 e. The van der Waals surface area contributed by atoms with Crippen LogP contribution in [0.5, 0.6) is 11.5 Å². The van der Waals surface area contributed by atoms with Crippen LogP contribution in [0, 0.1) is 0 Å². The van der Waals surface area contributed by atoms with Gasteiger partial charge in [0.25, 0.3) is 5.91 Å². The molecule has 2 aromatic carbocycles.